The lowest BCUT2D eigenvalue weighted by molar-refractivity contribution is 0.0586. The molecule has 2 aromatic heterocycles. The summed E-state index contributed by atoms with van der Waals surface area (Å²) in [6.45, 7) is 6.56. The largest absolute Gasteiger partial charge is 0.388 e. The number of rotatable bonds is 6. The summed E-state index contributed by atoms with van der Waals surface area (Å²) < 4.78 is 0. The Morgan fingerprint density at radius 1 is 1.33 bits per heavy atom. The van der Waals surface area contributed by atoms with Crippen LogP contribution >= 0.6 is 0 Å². The van der Waals surface area contributed by atoms with Gasteiger partial charge in [0.2, 0.25) is 0 Å². The number of aromatic nitrogens is 3. The number of nitrogens with two attached hydrogens (primary N) is 1. The van der Waals surface area contributed by atoms with Crippen molar-refractivity contribution in [2.24, 2.45) is 5.92 Å². The van der Waals surface area contributed by atoms with Crippen LogP contribution in [0.1, 0.15) is 33.6 Å². The van der Waals surface area contributed by atoms with E-state index in [1.165, 1.54) is 6.33 Å². The van der Waals surface area contributed by atoms with E-state index in [1.807, 2.05) is 13.0 Å². The van der Waals surface area contributed by atoms with Crippen molar-refractivity contribution in [3.8, 4) is 0 Å². The molecule has 4 N–H and O–H groups in total. The zero-order valence-corrected chi connectivity index (χ0v) is 12.8. The summed E-state index contributed by atoms with van der Waals surface area (Å²) >= 11 is 0. The van der Waals surface area contributed by atoms with E-state index in [-0.39, 0.29) is 0 Å². The summed E-state index contributed by atoms with van der Waals surface area (Å²) in [6.07, 6.45) is 3.17. The van der Waals surface area contributed by atoms with Crippen LogP contribution in [-0.4, -0.2) is 32.2 Å². The minimum absolute atomic E-state index is 0.427. The number of nitrogen functional groups attached to an aromatic ring is 1. The van der Waals surface area contributed by atoms with Gasteiger partial charge in [0, 0.05) is 6.54 Å². The van der Waals surface area contributed by atoms with Crippen molar-refractivity contribution in [1.82, 2.24) is 15.0 Å². The van der Waals surface area contributed by atoms with Crippen molar-refractivity contribution in [2.75, 3.05) is 17.6 Å². The molecule has 2 rings (SSSR count). The lowest BCUT2D eigenvalue weighted by Gasteiger charge is -2.25. The molecule has 2 heterocycles. The second-order valence-corrected chi connectivity index (χ2v) is 6.11. The summed E-state index contributed by atoms with van der Waals surface area (Å²) in [5.74, 6) is 1.66. The summed E-state index contributed by atoms with van der Waals surface area (Å²) in [5, 5.41) is 14.4. The van der Waals surface area contributed by atoms with Crippen LogP contribution in [0.5, 0.6) is 0 Å². The highest BCUT2D eigenvalue weighted by molar-refractivity contribution is 5.87. The molecule has 0 unspecified atom stereocenters. The van der Waals surface area contributed by atoms with Crippen molar-refractivity contribution in [1.29, 1.82) is 0 Å². The van der Waals surface area contributed by atoms with Crippen LogP contribution in [0.3, 0.4) is 0 Å². The molecule has 114 valence electrons. The molecule has 21 heavy (non-hydrogen) atoms. The first-order valence-corrected chi connectivity index (χ1v) is 7.21. The summed E-state index contributed by atoms with van der Waals surface area (Å²) in [5.41, 5.74) is 5.43. The van der Waals surface area contributed by atoms with Crippen molar-refractivity contribution < 1.29 is 5.11 Å². The van der Waals surface area contributed by atoms with Gasteiger partial charge in [-0.1, -0.05) is 13.8 Å². The number of pyridine rings is 1. The Bertz CT molecular complexity index is 612. The monoisotopic (exact) mass is 289 g/mol. The fraction of sp³-hybridized carbons (Fsp3) is 0.533. The van der Waals surface area contributed by atoms with Crippen LogP contribution in [-0.2, 0) is 0 Å². The van der Waals surface area contributed by atoms with Gasteiger partial charge in [0.1, 0.15) is 18.0 Å². The molecule has 0 saturated carbocycles. The zero-order chi connectivity index (χ0) is 15.5. The third-order valence-corrected chi connectivity index (χ3v) is 3.42. The van der Waals surface area contributed by atoms with Crippen LogP contribution in [0.4, 0.5) is 11.6 Å². The number of anilines is 2. The Balaban J connectivity index is 2.10. The zero-order valence-electron chi connectivity index (χ0n) is 12.8. The third-order valence-electron chi connectivity index (χ3n) is 3.42. The molecule has 6 heteroatoms. The number of aliphatic hydroxyl groups is 1. The molecule has 0 aliphatic heterocycles. The van der Waals surface area contributed by atoms with Gasteiger partial charge in [-0.2, -0.15) is 0 Å². The van der Waals surface area contributed by atoms with Gasteiger partial charge in [-0.05, 0) is 37.8 Å². The van der Waals surface area contributed by atoms with E-state index in [4.69, 9.17) is 5.73 Å². The van der Waals surface area contributed by atoms with Crippen molar-refractivity contribution in [2.45, 2.75) is 39.2 Å². The standard InChI is InChI=1S/C15H23N5O/c1-10(2)6-7-15(3,21)8-17-13-11-4-5-12(16)20-14(11)19-9-18-13/h4-5,9-10,21H,6-8H2,1-3H3,(H3,16,17,18,19,20)/t15-/m1/s1. The Morgan fingerprint density at radius 3 is 2.81 bits per heavy atom. The number of hydrogen-bond acceptors (Lipinski definition) is 6. The quantitative estimate of drug-likeness (QED) is 0.754. The molecule has 6 nitrogen and oxygen atoms in total. The Morgan fingerprint density at radius 2 is 2.10 bits per heavy atom. The summed E-state index contributed by atoms with van der Waals surface area (Å²) in [4.78, 5) is 12.5. The van der Waals surface area contributed by atoms with Crippen LogP contribution in [0.25, 0.3) is 11.0 Å². The van der Waals surface area contributed by atoms with Crippen LogP contribution in [0.15, 0.2) is 18.5 Å². The topological polar surface area (TPSA) is 97.0 Å². The van der Waals surface area contributed by atoms with Crippen LogP contribution in [0, 0.1) is 5.92 Å². The first kappa shape index (κ1) is 15.4. The maximum Gasteiger partial charge on any atom is 0.166 e. The summed E-state index contributed by atoms with van der Waals surface area (Å²) in [6, 6.07) is 3.55. The minimum atomic E-state index is -0.775. The smallest absolute Gasteiger partial charge is 0.166 e. The van der Waals surface area contributed by atoms with Gasteiger partial charge in [0.05, 0.1) is 11.0 Å². The molecule has 0 spiro atoms. The fourth-order valence-corrected chi connectivity index (χ4v) is 2.06. The molecular weight excluding hydrogens is 266 g/mol. The molecule has 0 saturated heterocycles. The normalized spacial score (nSPS) is 14.3. The molecule has 2 aromatic rings. The lowest BCUT2D eigenvalue weighted by atomic mass is 9.95. The SMILES string of the molecule is CC(C)CC[C@@](C)(O)CNc1ncnc2nc(N)ccc12. The predicted molar refractivity (Wildman–Crippen MR) is 84.9 cm³/mol. The van der Waals surface area contributed by atoms with Gasteiger partial charge in [0.25, 0.3) is 0 Å². The highest BCUT2D eigenvalue weighted by Gasteiger charge is 2.21. The molecular formula is C15H23N5O. The van der Waals surface area contributed by atoms with E-state index in [0.717, 1.165) is 18.2 Å². The number of hydrogen-bond donors (Lipinski definition) is 3. The van der Waals surface area contributed by atoms with Crippen molar-refractivity contribution in [3.05, 3.63) is 18.5 Å². The number of nitrogens with one attached hydrogen (secondary N) is 1. The maximum atomic E-state index is 10.4. The van der Waals surface area contributed by atoms with Gasteiger partial charge in [-0.3, -0.25) is 0 Å². The van der Waals surface area contributed by atoms with E-state index < -0.39 is 5.60 Å². The van der Waals surface area contributed by atoms with E-state index in [9.17, 15) is 5.11 Å². The number of nitrogens with zero attached hydrogens (tertiary/aromatic N) is 3. The van der Waals surface area contributed by atoms with Gasteiger partial charge in [0.15, 0.2) is 5.65 Å². The van der Waals surface area contributed by atoms with Crippen LogP contribution < -0.4 is 11.1 Å². The molecule has 0 aliphatic rings. The molecule has 0 amide bonds. The molecule has 0 bridgehead atoms. The maximum absolute atomic E-state index is 10.4. The first-order valence-electron chi connectivity index (χ1n) is 7.21. The van der Waals surface area contributed by atoms with Gasteiger partial charge in [-0.25, -0.2) is 15.0 Å². The molecule has 0 fully saturated rings. The van der Waals surface area contributed by atoms with E-state index in [2.05, 4.69) is 34.1 Å². The third kappa shape index (κ3) is 4.26. The van der Waals surface area contributed by atoms with Gasteiger partial charge in [-0.15, -0.1) is 0 Å². The molecule has 0 radical (unpaired) electrons. The van der Waals surface area contributed by atoms with Crippen LogP contribution in [0.2, 0.25) is 0 Å². The minimum Gasteiger partial charge on any atom is -0.388 e. The highest BCUT2D eigenvalue weighted by Crippen LogP contribution is 2.21. The molecule has 0 aromatic carbocycles. The Kier molecular flexibility index (Phi) is 4.57. The summed E-state index contributed by atoms with van der Waals surface area (Å²) in [7, 11) is 0. The second kappa shape index (κ2) is 6.22. The molecule has 0 aliphatic carbocycles. The number of fused-ring (bicyclic) bond motifs is 1. The van der Waals surface area contributed by atoms with Crippen molar-refractivity contribution in [3.63, 3.8) is 0 Å². The van der Waals surface area contributed by atoms with E-state index >= 15 is 0 Å². The fourth-order valence-electron chi connectivity index (χ4n) is 2.06. The van der Waals surface area contributed by atoms with E-state index in [1.54, 1.807) is 6.07 Å². The Labute approximate surface area is 124 Å². The average Bonchev–Trinajstić information content (AvgIpc) is 2.43. The van der Waals surface area contributed by atoms with E-state index in [0.29, 0.717) is 29.7 Å². The Hall–Kier alpha value is -1.95. The second-order valence-electron chi connectivity index (χ2n) is 6.11. The van der Waals surface area contributed by atoms with Gasteiger partial charge < -0.3 is 16.2 Å². The van der Waals surface area contributed by atoms with Crippen molar-refractivity contribution >= 4 is 22.7 Å². The first-order chi connectivity index (χ1) is 9.87. The highest BCUT2D eigenvalue weighted by atomic mass is 16.3. The lowest BCUT2D eigenvalue weighted by Crippen LogP contribution is -2.34. The average molecular weight is 289 g/mol. The van der Waals surface area contributed by atoms with Gasteiger partial charge >= 0.3 is 0 Å². The molecule has 1 atom stereocenters. The predicted octanol–water partition coefficient (Wildman–Crippen LogP) is 2.21.